The number of rotatable bonds is 36. The van der Waals surface area contributed by atoms with Gasteiger partial charge in [-0.15, -0.1) is 0 Å². The minimum Gasteiger partial charge on any atom is -0.494 e. The molecule has 2 heterocycles. The Labute approximate surface area is 503 Å². The quantitative estimate of drug-likeness (QED) is 0.00810. The molecule has 0 unspecified atom stereocenters. The van der Waals surface area contributed by atoms with E-state index in [0.717, 1.165) is 35.8 Å². The largest absolute Gasteiger partial charge is 0.494 e. The highest BCUT2D eigenvalue weighted by atomic mass is 31.1. The van der Waals surface area contributed by atoms with Gasteiger partial charge in [-0.25, -0.2) is 14.2 Å². The summed E-state index contributed by atoms with van der Waals surface area (Å²) in [5.74, 6) is -2.80. The molecule has 4 rings (SSSR count). The molecule has 8 amide bonds. The SMILES string of the molecule is CCCCC[C@@H](C(=O)NCNC(=O)c1ccc(-c2cc(OCC)cc(O[PH](=O)Oc3cc(OCC)cc(-c4ccc(C(=O)NCNC(=O)[C@H](CCCCC)[C@@H](CC)N(C=O)OC(=O)NC(C)(C)C)o4)c3)c2)o1)[C@@H](CC)N(C=O)OC(=O)NC(C)(C)C. The lowest BCUT2D eigenvalue weighted by Gasteiger charge is -2.32. The van der Waals surface area contributed by atoms with Crippen LogP contribution in [0.3, 0.4) is 0 Å². The van der Waals surface area contributed by atoms with Crippen LogP contribution in [-0.2, 0) is 33.4 Å². The summed E-state index contributed by atoms with van der Waals surface area (Å²) in [6.07, 6.45) is 5.15. The first-order valence-corrected chi connectivity index (χ1v) is 30.4. The number of ether oxygens (including phenoxy) is 2. The normalized spacial score (nSPS) is 12.7. The van der Waals surface area contributed by atoms with E-state index in [1.807, 2.05) is 13.8 Å². The third-order valence-corrected chi connectivity index (χ3v) is 13.7. The highest BCUT2D eigenvalue weighted by molar-refractivity contribution is 7.34. The molecular weight excluding hydrogens is 1140 g/mol. The summed E-state index contributed by atoms with van der Waals surface area (Å²) in [5, 5.41) is 17.7. The maximum Gasteiger partial charge on any atom is 0.432 e. The summed E-state index contributed by atoms with van der Waals surface area (Å²) >= 11 is 0. The maximum absolute atomic E-state index is 13.7. The Bertz CT molecular complexity index is 2710. The second kappa shape index (κ2) is 34.7. The molecule has 0 radical (unpaired) electrons. The van der Waals surface area contributed by atoms with E-state index in [1.54, 1.807) is 81.4 Å². The van der Waals surface area contributed by atoms with Crippen molar-refractivity contribution >= 4 is 56.9 Å². The smallest absolute Gasteiger partial charge is 0.432 e. The van der Waals surface area contributed by atoms with Crippen molar-refractivity contribution in [1.29, 1.82) is 0 Å². The van der Waals surface area contributed by atoms with Gasteiger partial charge < -0.3 is 68.9 Å². The minimum absolute atomic E-state index is 0.0704. The number of hydrogen-bond acceptors (Lipinski definition) is 17. The Hall–Kier alpha value is -8.21. The summed E-state index contributed by atoms with van der Waals surface area (Å²) in [6.45, 7) is 21.6. The van der Waals surface area contributed by atoms with Crippen LogP contribution in [-0.4, -0.2) is 108 Å². The van der Waals surface area contributed by atoms with Gasteiger partial charge in [-0.2, -0.15) is 10.1 Å². The number of furan rings is 2. The number of carbonyl (C=O) groups excluding carboxylic acids is 8. The van der Waals surface area contributed by atoms with Crippen molar-refractivity contribution < 1.29 is 80.0 Å². The van der Waals surface area contributed by atoms with Gasteiger partial charge in [0.1, 0.15) is 34.5 Å². The van der Waals surface area contributed by atoms with Crippen molar-refractivity contribution in [3.8, 4) is 45.6 Å². The molecule has 0 bridgehead atoms. The van der Waals surface area contributed by atoms with Crippen molar-refractivity contribution in [1.82, 2.24) is 42.0 Å². The van der Waals surface area contributed by atoms with E-state index in [0.29, 0.717) is 74.0 Å². The van der Waals surface area contributed by atoms with Crippen molar-refractivity contribution in [2.45, 2.75) is 170 Å². The zero-order chi connectivity index (χ0) is 63.6. The second-order valence-electron chi connectivity index (χ2n) is 22.1. The average molecular weight is 1220 g/mol. The number of amides is 8. The monoisotopic (exact) mass is 1220 g/mol. The molecule has 0 aliphatic heterocycles. The van der Waals surface area contributed by atoms with E-state index in [1.165, 1.54) is 48.5 Å². The Morgan fingerprint density at radius 2 is 0.907 bits per heavy atom. The summed E-state index contributed by atoms with van der Waals surface area (Å²) < 4.78 is 48.7. The molecule has 0 spiro atoms. The molecule has 86 heavy (non-hydrogen) atoms. The number of hydroxylamine groups is 4. The molecule has 0 fully saturated rings. The van der Waals surface area contributed by atoms with Crippen LogP contribution < -0.4 is 50.4 Å². The highest BCUT2D eigenvalue weighted by Crippen LogP contribution is 2.39. The number of nitrogens with zero attached hydrogens (tertiary/aromatic N) is 2. The number of carbonyl (C=O) groups is 8. The molecule has 25 nitrogen and oxygen atoms in total. The fraction of sp³-hybridized carbons (Fsp3) is 0.533. The lowest BCUT2D eigenvalue weighted by atomic mass is 9.90. The number of unbranched alkanes of at least 4 members (excludes halogenated alkanes) is 4. The summed E-state index contributed by atoms with van der Waals surface area (Å²) in [6, 6.07) is 13.7. The number of benzene rings is 2. The third-order valence-electron chi connectivity index (χ3n) is 12.9. The molecule has 4 atom stereocenters. The molecule has 474 valence electrons. The van der Waals surface area contributed by atoms with Gasteiger partial charge in [-0.1, -0.05) is 66.2 Å². The van der Waals surface area contributed by atoms with Crippen LogP contribution >= 0.6 is 8.25 Å². The Morgan fingerprint density at radius 3 is 1.23 bits per heavy atom. The van der Waals surface area contributed by atoms with Crippen molar-refractivity contribution in [3.05, 3.63) is 72.2 Å². The predicted molar refractivity (Wildman–Crippen MR) is 320 cm³/mol. The Balaban J connectivity index is 1.43. The van der Waals surface area contributed by atoms with Gasteiger partial charge in [0.2, 0.25) is 24.6 Å². The number of hydrogen-bond donors (Lipinski definition) is 6. The van der Waals surface area contributed by atoms with Crippen molar-refractivity contribution in [2.24, 2.45) is 11.8 Å². The van der Waals surface area contributed by atoms with Crippen LogP contribution in [0.2, 0.25) is 0 Å². The lowest BCUT2D eigenvalue weighted by Crippen LogP contribution is -2.51. The van der Waals surface area contributed by atoms with Crippen LogP contribution in [0.4, 0.5) is 9.59 Å². The topological polar surface area (TPSA) is 314 Å². The van der Waals surface area contributed by atoms with Crippen molar-refractivity contribution in [3.63, 3.8) is 0 Å². The van der Waals surface area contributed by atoms with Gasteiger partial charge in [-0.3, -0.25) is 28.8 Å². The molecular formula is C60H87N8O17P. The van der Waals surface area contributed by atoms with E-state index < -0.39 is 79.1 Å². The van der Waals surface area contributed by atoms with Crippen LogP contribution in [0.1, 0.15) is 168 Å². The van der Waals surface area contributed by atoms with E-state index >= 15 is 0 Å². The second-order valence-corrected chi connectivity index (χ2v) is 23.0. The van der Waals surface area contributed by atoms with Gasteiger partial charge in [-0.05, 0) is 130 Å². The fourth-order valence-corrected chi connectivity index (χ4v) is 9.70. The van der Waals surface area contributed by atoms with E-state index in [4.69, 9.17) is 37.0 Å². The van der Waals surface area contributed by atoms with E-state index in [2.05, 4.69) is 31.9 Å². The third kappa shape index (κ3) is 23.0. The van der Waals surface area contributed by atoms with Gasteiger partial charge in [0.15, 0.2) is 11.5 Å². The lowest BCUT2D eigenvalue weighted by molar-refractivity contribution is -0.170. The van der Waals surface area contributed by atoms with E-state index in [-0.39, 0.29) is 61.1 Å². The standard InChI is InChI=1S/C60H87N8O17P/c1-13-19-21-23-45(47(15-3)67(37-69)82-57(75)65-59(7,8)9)53(71)61-35-63-55(73)51-27-25-49(80-51)39-29-41(78-17-5)33-43(31-39)84-86(77)85-44-32-40(30-42(34-44)79-18-6)50-26-28-52(81-50)56(74)64-36-62-54(72)46(24-22-20-14-2)48(16-4)68(38-70)83-58(76)66-60(10,11)12/h25-34,37-38,45-48,86H,13-24,35-36H2,1-12H3,(H,61,71)(H,62,72)(H,63,73)(H,64,74)(H,65,75)(H,66,76)/t45-,46-,47-,48-/m1/s1. The van der Waals surface area contributed by atoms with Gasteiger partial charge >= 0.3 is 20.4 Å². The molecule has 26 heteroatoms. The molecule has 2 aromatic carbocycles. The summed E-state index contributed by atoms with van der Waals surface area (Å²) in [7, 11) is -3.39. The summed E-state index contributed by atoms with van der Waals surface area (Å²) in [4.78, 5) is 114. The molecule has 0 aliphatic carbocycles. The minimum atomic E-state index is -3.39. The predicted octanol–water partition coefficient (Wildman–Crippen LogP) is 10.2. The zero-order valence-electron chi connectivity index (χ0n) is 51.5. The molecule has 0 aliphatic rings. The molecule has 6 N–H and O–H groups in total. The Morgan fingerprint density at radius 1 is 0.535 bits per heavy atom. The van der Waals surface area contributed by atoms with Crippen LogP contribution in [0.5, 0.6) is 23.0 Å². The molecule has 2 aromatic heterocycles. The zero-order valence-corrected chi connectivity index (χ0v) is 52.5. The van der Waals surface area contributed by atoms with E-state index in [9.17, 15) is 42.9 Å². The number of nitrogens with one attached hydrogen (secondary N) is 6. The first kappa shape index (κ1) is 70.3. The highest BCUT2D eigenvalue weighted by Gasteiger charge is 2.36. The van der Waals surface area contributed by atoms with Gasteiger partial charge in [0.05, 0.1) is 50.5 Å². The Kier molecular flexibility index (Phi) is 28.3. The maximum atomic E-state index is 13.7. The van der Waals surface area contributed by atoms with Gasteiger partial charge in [0, 0.05) is 34.3 Å². The molecule has 0 saturated carbocycles. The average Bonchev–Trinajstić information content (AvgIpc) is 3.53. The molecule has 0 saturated heterocycles. The van der Waals surface area contributed by atoms with Gasteiger partial charge in [0.25, 0.3) is 11.8 Å². The molecule has 4 aromatic rings. The first-order chi connectivity index (χ1) is 40.9. The summed E-state index contributed by atoms with van der Waals surface area (Å²) in [5.41, 5.74) is -0.496. The van der Waals surface area contributed by atoms with Crippen LogP contribution in [0.25, 0.3) is 22.6 Å². The van der Waals surface area contributed by atoms with Crippen molar-refractivity contribution in [2.75, 3.05) is 26.6 Å². The fourth-order valence-electron chi connectivity index (χ4n) is 9.04. The van der Waals surface area contributed by atoms with Crippen LogP contribution in [0.15, 0.2) is 69.5 Å². The first-order valence-electron chi connectivity index (χ1n) is 29.1. The van der Waals surface area contributed by atoms with Crippen LogP contribution in [0, 0.1) is 11.8 Å².